The van der Waals surface area contributed by atoms with Crippen LogP contribution in [0.15, 0.2) is 42.5 Å². The van der Waals surface area contributed by atoms with E-state index in [1.165, 1.54) is 18.2 Å². The van der Waals surface area contributed by atoms with Crippen molar-refractivity contribution in [1.29, 1.82) is 0 Å². The van der Waals surface area contributed by atoms with Gasteiger partial charge in [-0.2, -0.15) is 0 Å². The molecule has 1 aliphatic rings. The summed E-state index contributed by atoms with van der Waals surface area (Å²) >= 11 is 6.14. The van der Waals surface area contributed by atoms with Crippen LogP contribution in [0, 0.1) is 11.7 Å². The summed E-state index contributed by atoms with van der Waals surface area (Å²) in [5.74, 6) is 1.77. The number of aromatic nitrogens is 2. The topological polar surface area (TPSA) is 74.7 Å². The fourth-order valence-corrected chi connectivity index (χ4v) is 5.47. The number of benzene rings is 2. The van der Waals surface area contributed by atoms with Gasteiger partial charge in [0.25, 0.3) is 5.88 Å². The van der Waals surface area contributed by atoms with Crippen LogP contribution in [0.3, 0.4) is 0 Å². The van der Waals surface area contributed by atoms with Gasteiger partial charge in [-0.15, -0.1) is 10.2 Å². The second-order valence-corrected chi connectivity index (χ2v) is 17.0. The summed E-state index contributed by atoms with van der Waals surface area (Å²) < 4.78 is 38.2. The lowest BCUT2D eigenvalue weighted by atomic mass is 9.83. The number of hydrogen-bond acceptors (Lipinski definition) is 7. The quantitative estimate of drug-likeness (QED) is 0.230. The Morgan fingerprint density at radius 1 is 1.02 bits per heavy atom. The van der Waals surface area contributed by atoms with Gasteiger partial charge in [0.1, 0.15) is 29.1 Å². The van der Waals surface area contributed by atoms with Crippen LogP contribution in [0.5, 0.6) is 17.4 Å². The second kappa shape index (κ2) is 12.3. The molecular formula is C30H39ClFN3O4Si. The van der Waals surface area contributed by atoms with Crippen LogP contribution in [0.1, 0.15) is 39.2 Å². The molecule has 40 heavy (non-hydrogen) atoms. The molecule has 0 bridgehead atoms. The summed E-state index contributed by atoms with van der Waals surface area (Å²) in [6.45, 7) is 12.5. The Hall–Kier alpha value is -2.88. The van der Waals surface area contributed by atoms with Gasteiger partial charge >= 0.3 is 0 Å². The van der Waals surface area contributed by atoms with Gasteiger partial charge in [-0.1, -0.05) is 32.4 Å². The highest BCUT2D eigenvalue weighted by Crippen LogP contribution is 2.40. The van der Waals surface area contributed by atoms with Crippen molar-refractivity contribution in [3.63, 3.8) is 0 Å². The Balaban J connectivity index is 1.51. The molecule has 1 heterocycles. The molecule has 4 rings (SSSR count). The van der Waals surface area contributed by atoms with Crippen molar-refractivity contribution in [3.8, 4) is 28.6 Å². The second-order valence-electron chi connectivity index (χ2n) is 11.8. The van der Waals surface area contributed by atoms with Gasteiger partial charge in [-0.25, -0.2) is 4.39 Å². The van der Waals surface area contributed by atoms with E-state index in [0.717, 1.165) is 25.0 Å². The largest absolute Gasteiger partial charge is 0.497 e. The Kier molecular flexibility index (Phi) is 9.27. The SMILES string of the molecule is COc1ccc(CNc2cc(-c3cc(Cl)ccc3F)nnc2OC2CC(CO[Si](C)(C)C(C)(C)C)C2)c(OC)c1. The van der Waals surface area contributed by atoms with Crippen molar-refractivity contribution in [1.82, 2.24) is 10.2 Å². The third-order valence-electron chi connectivity index (χ3n) is 7.88. The van der Waals surface area contributed by atoms with Crippen LogP contribution in [-0.4, -0.2) is 45.4 Å². The summed E-state index contributed by atoms with van der Waals surface area (Å²) in [4.78, 5) is 0. The molecule has 1 aromatic heterocycles. The zero-order chi connectivity index (χ0) is 29.1. The average molecular weight is 588 g/mol. The van der Waals surface area contributed by atoms with E-state index in [1.807, 2.05) is 18.2 Å². The first-order valence-electron chi connectivity index (χ1n) is 13.5. The number of anilines is 1. The van der Waals surface area contributed by atoms with Gasteiger partial charge in [0.2, 0.25) is 0 Å². The van der Waals surface area contributed by atoms with Crippen molar-refractivity contribution < 1.29 is 23.0 Å². The standard InChI is InChI=1S/C30H39ClFN3O4Si/c1-30(2,3)40(6,7)38-18-19-12-23(13-19)39-29-27(33-17-20-8-10-22(36-4)15-28(20)37-5)16-26(34-35-29)24-14-21(31)9-11-25(24)32/h8-11,14-16,19,23H,12-13,17-18H2,1-7H3,(H,33,34). The number of rotatable bonds is 11. The van der Waals surface area contributed by atoms with E-state index in [-0.39, 0.29) is 16.7 Å². The summed E-state index contributed by atoms with van der Waals surface area (Å²) in [7, 11) is 1.43. The molecule has 3 aromatic rings. The normalized spacial score (nSPS) is 17.2. The lowest BCUT2D eigenvalue weighted by Crippen LogP contribution is -2.44. The highest BCUT2D eigenvalue weighted by Gasteiger charge is 2.40. The maximum absolute atomic E-state index is 14.6. The van der Waals surface area contributed by atoms with E-state index >= 15 is 0 Å². The van der Waals surface area contributed by atoms with Crippen molar-refractivity contribution in [2.45, 2.75) is 64.4 Å². The summed E-state index contributed by atoms with van der Waals surface area (Å²) in [6, 6.07) is 11.7. The van der Waals surface area contributed by atoms with E-state index in [0.29, 0.717) is 46.2 Å². The molecule has 1 saturated carbocycles. The minimum Gasteiger partial charge on any atom is -0.497 e. The van der Waals surface area contributed by atoms with E-state index in [9.17, 15) is 4.39 Å². The Bertz CT molecular complexity index is 1330. The predicted octanol–water partition coefficient (Wildman–Crippen LogP) is 7.74. The minimum absolute atomic E-state index is 0.00661. The van der Waals surface area contributed by atoms with Crippen LogP contribution in [0.4, 0.5) is 10.1 Å². The van der Waals surface area contributed by atoms with Crippen LogP contribution in [0.2, 0.25) is 23.2 Å². The highest BCUT2D eigenvalue weighted by atomic mass is 35.5. The fourth-order valence-electron chi connectivity index (χ4n) is 4.22. The predicted molar refractivity (Wildman–Crippen MR) is 160 cm³/mol. The average Bonchev–Trinajstić information content (AvgIpc) is 2.89. The number of halogens is 2. The molecule has 1 fully saturated rings. The van der Waals surface area contributed by atoms with Gasteiger partial charge in [-0.05, 0) is 73.3 Å². The first kappa shape index (κ1) is 30.1. The van der Waals surface area contributed by atoms with E-state index in [4.69, 9.17) is 30.2 Å². The van der Waals surface area contributed by atoms with E-state index in [1.54, 1.807) is 20.3 Å². The lowest BCUT2D eigenvalue weighted by molar-refractivity contribution is 0.0323. The minimum atomic E-state index is -1.79. The Morgan fingerprint density at radius 3 is 2.45 bits per heavy atom. The first-order valence-corrected chi connectivity index (χ1v) is 16.8. The van der Waals surface area contributed by atoms with Crippen LogP contribution in [-0.2, 0) is 11.0 Å². The molecule has 7 nitrogen and oxygen atoms in total. The third kappa shape index (κ3) is 7.05. The molecule has 0 unspecified atom stereocenters. The van der Waals surface area contributed by atoms with Crippen molar-refractivity contribution in [2.75, 3.05) is 26.1 Å². The molecule has 1 N–H and O–H groups in total. The zero-order valence-corrected chi connectivity index (χ0v) is 26.1. The Morgan fingerprint density at radius 2 is 1.77 bits per heavy atom. The first-order chi connectivity index (χ1) is 18.9. The van der Waals surface area contributed by atoms with Crippen molar-refractivity contribution in [3.05, 3.63) is 58.9 Å². The number of nitrogens with zero attached hydrogens (tertiary/aromatic N) is 2. The van der Waals surface area contributed by atoms with Gasteiger partial charge in [0.15, 0.2) is 8.32 Å². The van der Waals surface area contributed by atoms with E-state index < -0.39 is 14.1 Å². The molecule has 0 radical (unpaired) electrons. The maximum atomic E-state index is 14.6. The molecule has 10 heteroatoms. The number of nitrogens with one attached hydrogen (secondary N) is 1. The Labute approximate surface area is 242 Å². The number of hydrogen-bond donors (Lipinski definition) is 1. The van der Waals surface area contributed by atoms with Gasteiger partial charge in [0, 0.05) is 35.4 Å². The smallest absolute Gasteiger partial charge is 0.257 e. The molecule has 0 amide bonds. The highest BCUT2D eigenvalue weighted by molar-refractivity contribution is 6.74. The molecule has 0 atom stereocenters. The summed E-state index contributed by atoms with van der Waals surface area (Å²) in [5.41, 5.74) is 2.13. The molecule has 1 aliphatic carbocycles. The fraction of sp³-hybridized carbons (Fsp3) is 0.467. The lowest BCUT2D eigenvalue weighted by Gasteiger charge is -2.40. The van der Waals surface area contributed by atoms with Crippen molar-refractivity contribution >= 4 is 25.6 Å². The monoisotopic (exact) mass is 587 g/mol. The molecular weight excluding hydrogens is 549 g/mol. The van der Waals surface area contributed by atoms with Gasteiger partial charge < -0.3 is 24.0 Å². The molecule has 0 aliphatic heterocycles. The third-order valence-corrected chi connectivity index (χ3v) is 12.6. The van der Waals surface area contributed by atoms with E-state index in [2.05, 4.69) is 49.4 Å². The molecule has 0 spiro atoms. The van der Waals surface area contributed by atoms with Gasteiger partial charge in [0.05, 0.1) is 19.9 Å². The molecule has 2 aromatic carbocycles. The van der Waals surface area contributed by atoms with Crippen LogP contribution < -0.4 is 19.5 Å². The maximum Gasteiger partial charge on any atom is 0.257 e. The van der Waals surface area contributed by atoms with Crippen LogP contribution >= 0.6 is 11.6 Å². The zero-order valence-electron chi connectivity index (χ0n) is 24.3. The van der Waals surface area contributed by atoms with Gasteiger partial charge in [-0.3, -0.25) is 0 Å². The summed E-state index contributed by atoms with van der Waals surface area (Å²) in [5, 5.41) is 12.6. The number of methoxy groups -OCH3 is 2. The van der Waals surface area contributed by atoms with Crippen molar-refractivity contribution in [2.24, 2.45) is 5.92 Å². The molecule has 0 saturated heterocycles. The number of ether oxygens (including phenoxy) is 3. The summed E-state index contributed by atoms with van der Waals surface area (Å²) in [6.07, 6.45) is 1.77. The molecule has 216 valence electrons. The van der Waals surface area contributed by atoms with Crippen LogP contribution in [0.25, 0.3) is 11.3 Å².